The second-order valence-electron chi connectivity index (χ2n) is 7.05. The Morgan fingerprint density at radius 1 is 1.00 bits per heavy atom. The van der Waals surface area contributed by atoms with Crippen LogP contribution in [0.3, 0.4) is 0 Å². The first-order chi connectivity index (χ1) is 14.7. The highest BCUT2D eigenvalue weighted by Crippen LogP contribution is 2.22. The fraction of sp³-hybridized carbons (Fsp3) is 0.261. The molecular weight excluding hydrogens is 382 g/mol. The molecule has 154 valence electrons. The third-order valence-corrected chi connectivity index (χ3v) is 4.93. The highest BCUT2D eigenvalue weighted by molar-refractivity contribution is 5.92. The summed E-state index contributed by atoms with van der Waals surface area (Å²) < 4.78 is 12.7. The largest absolute Gasteiger partial charge is 0.444 e. The zero-order valence-corrected chi connectivity index (χ0v) is 16.5. The standard InChI is InChI=1S/C23H23N3O4/c27-22(25-11-13-29-14-12-25)21(19-9-5-2-6-10-19)30-23(28)20-15-24-26(17-20)16-18-7-3-1-4-8-18/h1-10,15,17,21H,11-14,16H2. The molecule has 1 aliphatic heterocycles. The Morgan fingerprint density at radius 3 is 2.37 bits per heavy atom. The van der Waals surface area contributed by atoms with Gasteiger partial charge in [-0.15, -0.1) is 0 Å². The summed E-state index contributed by atoms with van der Waals surface area (Å²) in [5, 5.41) is 4.25. The number of morpholine rings is 1. The van der Waals surface area contributed by atoms with Gasteiger partial charge in [0.25, 0.3) is 5.91 Å². The lowest BCUT2D eigenvalue weighted by Gasteiger charge is -2.30. The minimum atomic E-state index is -1.01. The van der Waals surface area contributed by atoms with Gasteiger partial charge in [0.15, 0.2) is 0 Å². The van der Waals surface area contributed by atoms with E-state index in [0.717, 1.165) is 5.56 Å². The molecular formula is C23H23N3O4. The Balaban J connectivity index is 1.50. The number of amides is 1. The van der Waals surface area contributed by atoms with Crippen LogP contribution in [0.5, 0.6) is 0 Å². The first-order valence-corrected chi connectivity index (χ1v) is 9.89. The Morgan fingerprint density at radius 2 is 1.67 bits per heavy atom. The normalized spacial score (nSPS) is 14.9. The molecule has 1 fully saturated rings. The molecule has 0 saturated carbocycles. The molecule has 3 aromatic rings. The van der Waals surface area contributed by atoms with E-state index >= 15 is 0 Å². The molecule has 0 bridgehead atoms. The number of benzene rings is 2. The molecule has 0 N–H and O–H groups in total. The van der Waals surface area contributed by atoms with Crippen molar-refractivity contribution in [2.75, 3.05) is 26.3 Å². The highest BCUT2D eigenvalue weighted by Gasteiger charge is 2.31. The summed E-state index contributed by atoms with van der Waals surface area (Å²) in [6, 6.07) is 18.9. The van der Waals surface area contributed by atoms with Crippen molar-refractivity contribution in [3.05, 3.63) is 89.7 Å². The number of aromatic nitrogens is 2. The van der Waals surface area contributed by atoms with Crippen LogP contribution in [-0.2, 0) is 20.8 Å². The third-order valence-electron chi connectivity index (χ3n) is 4.93. The second-order valence-corrected chi connectivity index (χ2v) is 7.05. The van der Waals surface area contributed by atoms with E-state index in [-0.39, 0.29) is 5.91 Å². The lowest BCUT2D eigenvalue weighted by atomic mass is 10.1. The van der Waals surface area contributed by atoms with Crippen molar-refractivity contribution in [2.45, 2.75) is 12.6 Å². The van der Waals surface area contributed by atoms with E-state index < -0.39 is 12.1 Å². The predicted molar refractivity (Wildman–Crippen MR) is 110 cm³/mol. The number of nitrogens with zero attached hydrogens (tertiary/aromatic N) is 3. The van der Waals surface area contributed by atoms with Crippen LogP contribution in [0.1, 0.15) is 27.6 Å². The number of hydrogen-bond acceptors (Lipinski definition) is 5. The molecule has 7 heteroatoms. The van der Waals surface area contributed by atoms with Gasteiger partial charge in [0.05, 0.1) is 31.5 Å². The van der Waals surface area contributed by atoms with Crippen LogP contribution >= 0.6 is 0 Å². The first-order valence-electron chi connectivity index (χ1n) is 9.89. The molecule has 0 aliphatic carbocycles. The lowest BCUT2D eigenvalue weighted by Crippen LogP contribution is -2.44. The van der Waals surface area contributed by atoms with Crippen molar-refractivity contribution in [1.82, 2.24) is 14.7 Å². The molecule has 4 rings (SSSR count). The van der Waals surface area contributed by atoms with Crippen LogP contribution in [0.25, 0.3) is 0 Å². The lowest BCUT2D eigenvalue weighted by molar-refractivity contribution is -0.145. The molecule has 0 spiro atoms. The molecule has 2 heterocycles. The third kappa shape index (κ3) is 4.75. The number of esters is 1. The number of carbonyl (C=O) groups excluding carboxylic acids is 2. The van der Waals surface area contributed by atoms with Crippen LogP contribution in [0, 0.1) is 0 Å². The number of carbonyl (C=O) groups is 2. The minimum Gasteiger partial charge on any atom is -0.444 e. The fourth-order valence-electron chi connectivity index (χ4n) is 3.34. The van der Waals surface area contributed by atoms with E-state index in [1.54, 1.807) is 27.9 Å². The van der Waals surface area contributed by atoms with Crippen LogP contribution in [0.2, 0.25) is 0 Å². The molecule has 1 amide bonds. The van der Waals surface area contributed by atoms with Gasteiger partial charge in [-0.3, -0.25) is 9.48 Å². The second kappa shape index (κ2) is 9.37. The van der Waals surface area contributed by atoms with Crippen LogP contribution in [-0.4, -0.2) is 52.9 Å². The topological polar surface area (TPSA) is 73.7 Å². The summed E-state index contributed by atoms with van der Waals surface area (Å²) >= 11 is 0. The van der Waals surface area contributed by atoms with Gasteiger partial charge in [0.1, 0.15) is 0 Å². The molecule has 7 nitrogen and oxygen atoms in total. The molecule has 1 atom stereocenters. The Hall–Kier alpha value is -3.45. The van der Waals surface area contributed by atoms with Crippen LogP contribution < -0.4 is 0 Å². The van der Waals surface area contributed by atoms with Crippen molar-refractivity contribution >= 4 is 11.9 Å². The maximum Gasteiger partial charge on any atom is 0.342 e. The van der Waals surface area contributed by atoms with Crippen molar-refractivity contribution < 1.29 is 19.1 Å². The highest BCUT2D eigenvalue weighted by atomic mass is 16.5. The monoisotopic (exact) mass is 405 g/mol. The van der Waals surface area contributed by atoms with Gasteiger partial charge in [-0.25, -0.2) is 4.79 Å². The van der Waals surface area contributed by atoms with Gasteiger partial charge in [-0.2, -0.15) is 5.10 Å². The van der Waals surface area contributed by atoms with Gasteiger partial charge in [0, 0.05) is 24.8 Å². The van der Waals surface area contributed by atoms with E-state index in [1.165, 1.54) is 6.20 Å². The maximum absolute atomic E-state index is 13.1. The summed E-state index contributed by atoms with van der Waals surface area (Å²) in [5.74, 6) is -0.820. The van der Waals surface area contributed by atoms with Crippen LogP contribution in [0.15, 0.2) is 73.1 Å². The SMILES string of the molecule is O=C(OC(C(=O)N1CCOCC1)c1ccccc1)c1cnn(Cc2ccccc2)c1. The summed E-state index contributed by atoms with van der Waals surface area (Å²) in [6.45, 7) is 2.47. The zero-order chi connectivity index (χ0) is 20.8. The minimum absolute atomic E-state index is 0.241. The molecule has 1 aromatic heterocycles. The van der Waals surface area contributed by atoms with Crippen LogP contribution in [0.4, 0.5) is 0 Å². The van der Waals surface area contributed by atoms with Crippen molar-refractivity contribution in [2.24, 2.45) is 0 Å². The van der Waals surface area contributed by atoms with Gasteiger partial charge < -0.3 is 14.4 Å². The van der Waals surface area contributed by atoms with E-state index in [0.29, 0.717) is 44.0 Å². The molecule has 1 saturated heterocycles. The van der Waals surface area contributed by atoms with Gasteiger partial charge >= 0.3 is 5.97 Å². The van der Waals surface area contributed by atoms with Crippen molar-refractivity contribution in [3.8, 4) is 0 Å². The van der Waals surface area contributed by atoms with Crippen molar-refractivity contribution in [1.29, 1.82) is 0 Å². The summed E-state index contributed by atoms with van der Waals surface area (Å²) in [4.78, 5) is 27.6. The van der Waals surface area contributed by atoms with E-state index in [4.69, 9.17) is 9.47 Å². The predicted octanol–water partition coefficient (Wildman–Crippen LogP) is 2.69. The molecule has 30 heavy (non-hydrogen) atoms. The molecule has 0 radical (unpaired) electrons. The Bertz CT molecular complexity index is 982. The number of ether oxygens (including phenoxy) is 2. The van der Waals surface area contributed by atoms with Gasteiger partial charge in [-0.1, -0.05) is 60.7 Å². The number of hydrogen-bond donors (Lipinski definition) is 0. The van der Waals surface area contributed by atoms with E-state index in [2.05, 4.69) is 5.10 Å². The smallest absolute Gasteiger partial charge is 0.342 e. The average Bonchev–Trinajstić information content (AvgIpc) is 3.27. The molecule has 2 aromatic carbocycles. The van der Waals surface area contributed by atoms with E-state index in [1.807, 2.05) is 48.5 Å². The van der Waals surface area contributed by atoms with Gasteiger partial charge in [0.2, 0.25) is 6.10 Å². The quantitative estimate of drug-likeness (QED) is 0.590. The summed E-state index contributed by atoms with van der Waals surface area (Å²) in [5.41, 5.74) is 2.02. The van der Waals surface area contributed by atoms with Crippen molar-refractivity contribution in [3.63, 3.8) is 0 Å². The van der Waals surface area contributed by atoms with Gasteiger partial charge in [-0.05, 0) is 5.56 Å². The summed E-state index contributed by atoms with van der Waals surface area (Å²) in [7, 11) is 0. The first kappa shape index (κ1) is 19.8. The maximum atomic E-state index is 13.1. The molecule has 1 aliphatic rings. The average molecular weight is 405 g/mol. The zero-order valence-electron chi connectivity index (χ0n) is 16.5. The Kier molecular flexibility index (Phi) is 6.20. The summed E-state index contributed by atoms with van der Waals surface area (Å²) in [6.07, 6.45) is 2.10. The molecule has 1 unspecified atom stereocenters. The Labute approximate surface area is 174 Å². The number of rotatable bonds is 6. The van der Waals surface area contributed by atoms with E-state index in [9.17, 15) is 9.59 Å². The fourth-order valence-corrected chi connectivity index (χ4v) is 3.34.